The Labute approximate surface area is 135 Å². The zero-order valence-corrected chi connectivity index (χ0v) is 13.2. The molecule has 5 heteroatoms. The molecular weight excluding hydrogens is 302 g/mol. The Morgan fingerprint density at radius 2 is 2.18 bits per heavy atom. The van der Waals surface area contributed by atoms with E-state index in [9.17, 15) is 4.79 Å². The second-order valence-electron chi connectivity index (χ2n) is 5.67. The fourth-order valence-corrected chi connectivity index (χ4v) is 3.12. The average Bonchev–Trinajstić information content (AvgIpc) is 3.00. The highest BCUT2D eigenvalue weighted by Crippen LogP contribution is 2.38. The molecule has 118 valence electrons. The quantitative estimate of drug-likeness (QED) is 0.848. The maximum absolute atomic E-state index is 11.9. The monoisotopic (exact) mass is 321 g/mol. The van der Waals surface area contributed by atoms with Gasteiger partial charge in [0, 0.05) is 13.0 Å². The molecule has 1 aliphatic heterocycles. The average molecular weight is 322 g/mol. The molecule has 1 heterocycles. The Kier molecular flexibility index (Phi) is 4.88. The third kappa shape index (κ3) is 3.74. The number of amides is 1. The molecule has 0 radical (unpaired) electrons. The largest absolute Gasteiger partial charge is 0.486 e. The minimum Gasteiger partial charge on any atom is -0.486 e. The summed E-state index contributed by atoms with van der Waals surface area (Å²) in [6, 6.07) is 3.81. The Bertz CT molecular complexity index is 586. The molecule has 1 amide bonds. The number of nitrogens with one attached hydrogen (secondary N) is 1. The minimum atomic E-state index is 0.111. The molecule has 0 bridgehead atoms. The van der Waals surface area contributed by atoms with Crippen molar-refractivity contribution in [2.24, 2.45) is 5.92 Å². The molecule has 2 aliphatic rings. The van der Waals surface area contributed by atoms with Crippen LogP contribution in [0.3, 0.4) is 0 Å². The first-order valence-corrected chi connectivity index (χ1v) is 8.11. The Balaban J connectivity index is 1.50. The summed E-state index contributed by atoms with van der Waals surface area (Å²) >= 11 is 6.20. The summed E-state index contributed by atoms with van der Waals surface area (Å²) in [5, 5.41) is 3.53. The van der Waals surface area contributed by atoms with E-state index in [1.165, 1.54) is 0 Å². The van der Waals surface area contributed by atoms with Gasteiger partial charge in [-0.3, -0.25) is 4.79 Å². The molecule has 0 aromatic heterocycles. The lowest BCUT2D eigenvalue weighted by Crippen LogP contribution is -2.27. The fraction of sp³-hybridized carbons (Fsp3) is 0.471. The van der Waals surface area contributed by atoms with E-state index in [-0.39, 0.29) is 5.91 Å². The van der Waals surface area contributed by atoms with Crippen LogP contribution in [-0.4, -0.2) is 25.7 Å². The Morgan fingerprint density at radius 3 is 3.00 bits per heavy atom. The minimum absolute atomic E-state index is 0.111. The molecular formula is C17H20ClNO3. The fourth-order valence-electron chi connectivity index (χ4n) is 2.83. The molecule has 0 fully saturated rings. The van der Waals surface area contributed by atoms with Gasteiger partial charge >= 0.3 is 0 Å². The Hall–Kier alpha value is -1.68. The number of fused-ring (bicyclic) bond motifs is 1. The molecule has 4 nitrogen and oxygen atoms in total. The second kappa shape index (κ2) is 7.05. The number of ether oxygens (including phenoxy) is 2. The zero-order chi connectivity index (χ0) is 15.4. The van der Waals surface area contributed by atoms with Crippen LogP contribution < -0.4 is 14.8 Å². The van der Waals surface area contributed by atoms with E-state index in [1.807, 2.05) is 12.1 Å². The van der Waals surface area contributed by atoms with Crippen molar-refractivity contribution >= 4 is 17.5 Å². The van der Waals surface area contributed by atoms with E-state index in [1.54, 1.807) is 0 Å². The number of benzene rings is 1. The van der Waals surface area contributed by atoms with Gasteiger partial charge in [0.2, 0.25) is 5.91 Å². The molecule has 1 aromatic carbocycles. The SMILES string of the molecule is O=C(CC1C=CCC1)NCCc1cc(Cl)c2c(c1)OCCO2. The van der Waals surface area contributed by atoms with Crippen LogP contribution >= 0.6 is 11.6 Å². The first kappa shape index (κ1) is 15.2. The standard InChI is InChI=1S/C17H20ClNO3/c18-14-9-13(10-15-17(14)22-8-7-21-15)5-6-19-16(20)11-12-3-1-2-4-12/h1,3,9-10,12H,2,4-8,11H2,(H,19,20). The Morgan fingerprint density at radius 1 is 1.32 bits per heavy atom. The van der Waals surface area contributed by atoms with Crippen molar-refractivity contribution in [1.29, 1.82) is 0 Å². The number of hydrogen-bond acceptors (Lipinski definition) is 3. The van der Waals surface area contributed by atoms with E-state index < -0.39 is 0 Å². The van der Waals surface area contributed by atoms with Crippen LogP contribution in [0.5, 0.6) is 11.5 Å². The molecule has 0 spiro atoms. The van der Waals surface area contributed by atoms with Gasteiger partial charge in [-0.25, -0.2) is 0 Å². The van der Waals surface area contributed by atoms with Gasteiger partial charge in [-0.2, -0.15) is 0 Å². The van der Waals surface area contributed by atoms with E-state index in [0.29, 0.717) is 48.6 Å². The lowest BCUT2D eigenvalue weighted by Gasteiger charge is -2.20. The van der Waals surface area contributed by atoms with Gasteiger partial charge in [0.15, 0.2) is 11.5 Å². The summed E-state index contributed by atoms with van der Waals surface area (Å²) in [4.78, 5) is 11.9. The number of allylic oxidation sites excluding steroid dienone is 2. The van der Waals surface area contributed by atoms with Crippen molar-refractivity contribution in [1.82, 2.24) is 5.32 Å². The first-order chi connectivity index (χ1) is 10.7. The summed E-state index contributed by atoms with van der Waals surface area (Å²) in [7, 11) is 0. The van der Waals surface area contributed by atoms with Crippen molar-refractivity contribution in [2.45, 2.75) is 25.7 Å². The highest BCUT2D eigenvalue weighted by Gasteiger charge is 2.17. The van der Waals surface area contributed by atoms with Crippen LogP contribution in [0.4, 0.5) is 0 Å². The summed E-state index contributed by atoms with van der Waals surface area (Å²) < 4.78 is 11.0. The zero-order valence-electron chi connectivity index (χ0n) is 12.4. The third-order valence-electron chi connectivity index (χ3n) is 3.95. The normalized spacial score (nSPS) is 19.2. The molecule has 0 saturated carbocycles. The summed E-state index contributed by atoms with van der Waals surface area (Å²) in [5.41, 5.74) is 1.04. The third-order valence-corrected chi connectivity index (χ3v) is 4.23. The van der Waals surface area contributed by atoms with E-state index >= 15 is 0 Å². The molecule has 1 atom stereocenters. The number of carbonyl (C=O) groups excluding carboxylic acids is 1. The van der Waals surface area contributed by atoms with Gasteiger partial charge in [-0.15, -0.1) is 0 Å². The van der Waals surface area contributed by atoms with E-state index in [4.69, 9.17) is 21.1 Å². The van der Waals surface area contributed by atoms with Crippen LogP contribution in [0.1, 0.15) is 24.8 Å². The van der Waals surface area contributed by atoms with E-state index in [0.717, 1.165) is 24.8 Å². The maximum atomic E-state index is 11.9. The smallest absolute Gasteiger partial charge is 0.220 e. The number of hydrogen-bond donors (Lipinski definition) is 1. The lowest BCUT2D eigenvalue weighted by molar-refractivity contribution is -0.121. The van der Waals surface area contributed by atoms with Crippen molar-refractivity contribution < 1.29 is 14.3 Å². The number of carbonyl (C=O) groups is 1. The van der Waals surface area contributed by atoms with Gasteiger partial charge in [-0.1, -0.05) is 23.8 Å². The molecule has 1 aliphatic carbocycles. The number of rotatable bonds is 5. The number of halogens is 1. The van der Waals surface area contributed by atoms with Crippen LogP contribution in [-0.2, 0) is 11.2 Å². The molecule has 1 unspecified atom stereocenters. The predicted octanol–water partition coefficient (Wildman–Crippen LogP) is 3.13. The topological polar surface area (TPSA) is 47.6 Å². The molecule has 1 aromatic rings. The summed E-state index contributed by atoms with van der Waals surface area (Å²) in [6.45, 7) is 1.67. The van der Waals surface area contributed by atoms with Crippen LogP contribution in [0.2, 0.25) is 5.02 Å². The van der Waals surface area contributed by atoms with E-state index in [2.05, 4.69) is 17.5 Å². The van der Waals surface area contributed by atoms with Gasteiger partial charge in [-0.05, 0) is 42.9 Å². The maximum Gasteiger partial charge on any atom is 0.220 e. The second-order valence-corrected chi connectivity index (χ2v) is 6.08. The molecule has 1 N–H and O–H groups in total. The van der Waals surface area contributed by atoms with Crippen LogP contribution in [0, 0.1) is 5.92 Å². The van der Waals surface area contributed by atoms with Crippen molar-refractivity contribution in [3.63, 3.8) is 0 Å². The highest BCUT2D eigenvalue weighted by molar-refractivity contribution is 6.32. The first-order valence-electron chi connectivity index (χ1n) is 7.74. The summed E-state index contributed by atoms with van der Waals surface area (Å²) in [5.74, 6) is 1.83. The molecule has 3 rings (SSSR count). The molecule has 22 heavy (non-hydrogen) atoms. The van der Waals surface area contributed by atoms with Gasteiger partial charge in [0.05, 0.1) is 5.02 Å². The van der Waals surface area contributed by atoms with Crippen LogP contribution in [0.15, 0.2) is 24.3 Å². The summed E-state index contributed by atoms with van der Waals surface area (Å²) in [6.07, 6.45) is 7.77. The van der Waals surface area contributed by atoms with Crippen molar-refractivity contribution in [3.8, 4) is 11.5 Å². The van der Waals surface area contributed by atoms with Gasteiger partial charge in [0.1, 0.15) is 13.2 Å². The van der Waals surface area contributed by atoms with Gasteiger partial charge in [0.25, 0.3) is 0 Å². The highest BCUT2D eigenvalue weighted by atomic mass is 35.5. The van der Waals surface area contributed by atoms with Crippen molar-refractivity contribution in [3.05, 3.63) is 34.9 Å². The predicted molar refractivity (Wildman–Crippen MR) is 85.6 cm³/mol. The lowest BCUT2D eigenvalue weighted by atomic mass is 10.0. The van der Waals surface area contributed by atoms with Crippen molar-refractivity contribution in [2.75, 3.05) is 19.8 Å². The van der Waals surface area contributed by atoms with Gasteiger partial charge < -0.3 is 14.8 Å². The van der Waals surface area contributed by atoms with Crippen LogP contribution in [0.25, 0.3) is 0 Å². The molecule has 0 saturated heterocycles.